The largest absolute Gasteiger partial charge is 0.459 e. The van der Waals surface area contributed by atoms with E-state index < -0.39 is 34.0 Å². The van der Waals surface area contributed by atoms with Gasteiger partial charge < -0.3 is 15.0 Å². The first-order valence-corrected chi connectivity index (χ1v) is 13.2. The first kappa shape index (κ1) is 26.2. The molecule has 1 heterocycles. The monoisotopic (exact) mass is 539 g/mol. The van der Waals surface area contributed by atoms with Crippen molar-refractivity contribution in [1.29, 1.82) is 0 Å². The maximum atomic E-state index is 13.7. The molecule has 2 N–H and O–H groups in total. The lowest BCUT2D eigenvalue weighted by Gasteiger charge is -2.26. The van der Waals surface area contributed by atoms with Gasteiger partial charge in [0.1, 0.15) is 12.1 Å². The second-order valence-electron chi connectivity index (χ2n) is 9.40. The van der Waals surface area contributed by atoms with Crippen molar-refractivity contribution in [2.75, 3.05) is 10.8 Å². The van der Waals surface area contributed by atoms with Crippen molar-refractivity contribution in [3.05, 3.63) is 89.6 Å². The molecule has 3 aromatic carbocycles. The normalized spacial score (nSPS) is 11.9. The standard InChI is InChI=1S/C27H26ClN3O5S/c1-27(2,3)36-25(32)17-31(37(34,35)23-9-5-7-20(28)16-23)22-10-11-24-18(14-22)12-13-30(24)21-8-4-6-19(15-21)26(29)33/h4-16H,17H2,1-3H3,(H2,29,33). The van der Waals surface area contributed by atoms with Crippen molar-refractivity contribution >= 4 is 50.1 Å². The zero-order valence-electron chi connectivity index (χ0n) is 20.5. The third-order valence-corrected chi connectivity index (χ3v) is 7.45. The van der Waals surface area contributed by atoms with Crippen molar-refractivity contribution < 1.29 is 22.7 Å². The van der Waals surface area contributed by atoms with Crippen molar-refractivity contribution in [1.82, 2.24) is 4.57 Å². The molecule has 192 valence electrons. The molecule has 0 saturated heterocycles. The van der Waals surface area contributed by atoms with Crippen LogP contribution in [0.5, 0.6) is 0 Å². The number of carbonyl (C=O) groups excluding carboxylic acids is 2. The van der Waals surface area contributed by atoms with Gasteiger partial charge in [0.15, 0.2) is 0 Å². The molecule has 37 heavy (non-hydrogen) atoms. The smallest absolute Gasteiger partial charge is 0.327 e. The maximum Gasteiger partial charge on any atom is 0.327 e. The Hall–Kier alpha value is -3.82. The van der Waals surface area contributed by atoms with Gasteiger partial charge in [-0.2, -0.15) is 0 Å². The number of ether oxygens (including phenoxy) is 1. The lowest BCUT2D eigenvalue weighted by molar-refractivity contribution is -0.152. The molecule has 4 rings (SSSR count). The number of fused-ring (bicyclic) bond motifs is 1. The first-order valence-electron chi connectivity index (χ1n) is 11.4. The summed E-state index contributed by atoms with van der Waals surface area (Å²) in [6.45, 7) is 4.60. The average molecular weight is 540 g/mol. The van der Waals surface area contributed by atoms with Crippen LogP contribution in [0.2, 0.25) is 5.02 Å². The molecule has 0 aliphatic rings. The summed E-state index contributed by atoms with van der Waals surface area (Å²) in [7, 11) is -4.17. The molecule has 0 aliphatic carbocycles. The summed E-state index contributed by atoms with van der Waals surface area (Å²) in [5.41, 5.74) is 6.77. The number of primary amides is 1. The molecule has 8 nitrogen and oxygen atoms in total. The average Bonchev–Trinajstić information content (AvgIpc) is 3.24. The summed E-state index contributed by atoms with van der Waals surface area (Å²) in [5.74, 6) is -1.23. The number of benzene rings is 3. The van der Waals surface area contributed by atoms with E-state index in [1.807, 2.05) is 16.7 Å². The van der Waals surface area contributed by atoms with Gasteiger partial charge in [-0.05, 0) is 81.4 Å². The number of amides is 1. The predicted octanol–water partition coefficient (Wildman–Crippen LogP) is 4.92. The summed E-state index contributed by atoms with van der Waals surface area (Å²) >= 11 is 6.06. The zero-order valence-corrected chi connectivity index (χ0v) is 22.1. The Kier molecular flexibility index (Phi) is 7.03. The van der Waals surface area contributed by atoms with Gasteiger partial charge in [0.05, 0.1) is 16.1 Å². The quantitative estimate of drug-likeness (QED) is 0.335. The topological polar surface area (TPSA) is 112 Å². The molecular formula is C27H26ClN3O5S. The molecule has 0 unspecified atom stereocenters. The van der Waals surface area contributed by atoms with Crippen LogP contribution in [0.15, 0.2) is 83.9 Å². The number of nitrogens with zero attached hydrogens (tertiary/aromatic N) is 2. The fraction of sp³-hybridized carbons (Fsp3) is 0.185. The van der Waals surface area contributed by atoms with Crippen LogP contribution in [0.4, 0.5) is 5.69 Å². The maximum absolute atomic E-state index is 13.7. The number of anilines is 1. The van der Waals surface area contributed by atoms with E-state index in [9.17, 15) is 18.0 Å². The number of sulfonamides is 1. The number of nitrogens with two attached hydrogens (primary N) is 1. The third-order valence-electron chi connectivity index (χ3n) is 5.45. The fourth-order valence-corrected chi connectivity index (χ4v) is 5.58. The molecule has 10 heteroatoms. The lowest BCUT2D eigenvalue weighted by Crippen LogP contribution is -2.38. The van der Waals surface area contributed by atoms with E-state index in [1.54, 1.807) is 69.4 Å². The van der Waals surface area contributed by atoms with E-state index in [0.29, 0.717) is 5.56 Å². The van der Waals surface area contributed by atoms with Crippen LogP contribution in [0.25, 0.3) is 16.6 Å². The van der Waals surface area contributed by atoms with Gasteiger partial charge in [-0.3, -0.25) is 13.9 Å². The third kappa shape index (κ3) is 5.79. The molecule has 0 bridgehead atoms. The Morgan fingerprint density at radius 2 is 1.73 bits per heavy atom. The Morgan fingerprint density at radius 3 is 2.41 bits per heavy atom. The highest BCUT2D eigenvalue weighted by Gasteiger charge is 2.30. The highest BCUT2D eigenvalue weighted by molar-refractivity contribution is 7.92. The van der Waals surface area contributed by atoms with Gasteiger partial charge in [0, 0.05) is 27.9 Å². The minimum Gasteiger partial charge on any atom is -0.459 e. The number of hydrogen-bond acceptors (Lipinski definition) is 5. The molecule has 1 aromatic heterocycles. The van der Waals surface area contributed by atoms with Crippen LogP contribution in [-0.2, 0) is 19.6 Å². The highest BCUT2D eigenvalue weighted by atomic mass is 35.5. The molecular weight excluding hydrogens is 514 g/mol. The number of carbonyl (C=O) groups is 2. The molecule has 0 aliphatic heterocycles. The zero-order chi connectivity index (χ0) is 27.0. The number of halogens is 1. The molecule has 0 radical (unpaired) electrons. The van der Waals surface area contributed by atoms with E-state index in [2.05, 4.69) is 0 Å². The van der Waals surface area contributed by atoms with Crippen LogP contribution in [0.3, 0.4) is 0 Å². The first-order chi connectivity index (χ1) is 17.3. The molecule has 0 spiro atoms. The van der Waals surface area contributed by atoms with Crippen molar-refractivity contribution in [3.8, 4) is 5.69 Å². The SMILES string of the molecule is CC(C)(C)OC(=O)CN(c1ccc2c(ccn2-c2cccc(C(N)=O)c2)c1)S(=O)(=O)c1cccc(Cl)c1. The van der Waals surface area contributed by atoms with Gasteiger partial charge in [-0.15, -0.1) is 0 Å². The summed E-state index contributed by atoms with van der Waals surface area (Å²) < 4.78 is 35.6. The lowest BCUT2D eigenvalue weighted by atomic mass is 10.2. The predicted molar refractivity (Wildman–Crippen MR) is 144 cm³/mol. The van der Waals surface area contributed by atoms with Gasteiger partial charge in [-0.1, -0.05) is 23.7 Å². The van der Waals surface area contributed by atoms with Crippen LogP contribution in [0, 0.1) is 0 Å². The van der Waals surface area contributed by atoms with E-state index in [4.69, 9.17) is 22.1 Å². The number of aromatic nitrogens is 1. The van der Waals surface area contributed by atoms with Gasteiger partial charge in [-0.25, -0.2) is 8.42 Å². The minimum absolute atomic E-state index is 0.0514. The Labute approximate surface area is 220 Å². The molecule has 0 atom stereocenters. The molecule has 4 aromatic rings. The second kappa shape index (κ2) is 9.91. The Balaban J connectivity index is 1.79. The summed E-state index contributed by atoms with van der Waals surface area (Å²) in [4.78, 5) is 24.3. The molecule has 1 amide bonds. The number of hydrogen-bond donors (Lipinski definition) is 1. The van der Waals surface area contributed by atoms with Gasteiger partial charge in [0.2, 0.25) is 5.91 Å². The highest BCUT2D eigenvalue weighted by Crippen LogP contribution is 2.30. The Bertz CT molecular complexity index is 1610. The van der Waals surface area contributed by atoms with E-state index >= 15 is 0 Å². The van der Waals surface area contributed by atoms with E-state index in [-0.39, 0.29) is 15.6 Å². The summed E-state index contributed by atoms with van der Waals surface area (Å²) in [6.07, 6.45) is 1.80. The number of rotatable bonds is 7. The van der Waals surface area contributed by atoms with Crippen molar-refractivity contribution in [2.45, 2.75) is 31.3 Å². The van der Waals surface area contributed by atoms with E-state index in [1.165, 1.54) is 18.2 Å². The fourth-order valence-electron chi connectivity index (χ4n) is 3.88. The van der Waals surface area contributed by atoms with Crippen LogP contribution >= 0.6 is 11.6 Å². The Morgan fingerprint density at radius 1 is 1.00 bits per heavy atom. The van der Waals surface area contributed by atoms with Crippen molar-refractivity contribution in [2.24, 2.45) is 5.73 Å². The van der Waals surface area contributed by atoms with Gasteiger partial charge >= 0.3 is 5.97 Å². The summed E-state index contributed by atoms with van der Waals surface area (Å²) in [5, 5.41) is 0.974. The van der Waals surface area contributed by atoms with Crippen LogP contribution < -0.4 is 10.0 Å². The van der Waals surface area contributed by atoms with Gasteiger partial charge in [0.25, 0.3) is 10.0 Å². The van der Waals surface area contributed by atoms with Crippen molar-refractivity contribution in [3.63, 3.8) is 0 Å². The second-order valence-corrected chi connectivity index (χ2v) is 11.7. The molecule has 0 saturated carbocycles. The minimum atomic E-state index is -4.17. The number of esters is 1. The van der Waals surface area contributed by atoms with Crippen LogP contribution in [-0.4, -0.2) is 37.0 Å². The summed E-state index contributed by atoms with van der Waals surface area (Å²) in [6, 6.07) is 19.6. The molecule has 0 fully saturated rings. The van der Waals surface area contributed by atoms with Crippen LogP contribution in [0.1, 0.15) is 31.1 Å². The van der Waals surface area contributed by atoms with E-state index in [0.717, 1.165) is 20.9 Å².